The van der Waals surface area contributed by atoms with Crippen LogP contribution >= 0.6 is 34.7 Å². The second kappa shape index (κ2) is 9.50. The van der Waals surface area contributed by atoms with Crippen LogP contribution in [0.25, 0.3) is 0 Å². The van der Waals surface area contributed by atoms with Crippen molar-refractivity contribution in [3.8, 4) is 0 Å². The monoisotopic (exact) mass is 498 g/mol. The largest absolute Gasteiger partial charge is 0.378 e. The van der Waals surface area contributed by atoms with Crippen LogP contribution in [0.5, 0.6) is 0 Å². The smallest absolute Gasteiger partial charge is 0.242 e. The second-order valence-corrected chi connectivity index (χ2v) is 10.5. The van der Waals surface area contributed by atoms with E-state index < -0.39 is 10.8 Å². The fourth-order valence-corrected chi connectivity index (χ4v) is 6.38. The van der Waals surface area contributed by atoms with Crippen molar-refractivity contribution in [3.63, 3.8) is 0 Å². The third-order valence-electron chi connectivity index (χ3n) is 6.14. The van der Waals surface area contributed by atoms with Gasteiger partial charge in [-0.1, -0.05) is 35.9 Å². The van der Waals surface area contributed by atoms with Crippen LogP contribution < -0.4 is 10.2 Å². The Morgan fingerprint density at radius 3 is 2.45 bits per heavy atom. The Morgan fingerprint density at radius 1 is 1.03 bits per heavy atom. The molecular formula is C25H23ClN2O3S2. The first kappa shape index (κ1) is 22.5. The predicted octanol–water partition coefficient (Wildman–Crippen LogP) is 4.73. The SMILES string of the molecule is O=C1C[C@@](c2ccc(N3CCOCC3)cc2)(c2ccsc2)NC(=O)[C@H]1Sc1ccccc1Cl. The van der Waals surface area contributed by atoms with E-state index in [9.17, 15) is 9.59 Å². The van der Waals surface area contributed by atoms with Gasteiger partial charge >= 0.3 is 0 Å². The van der Waals surface area contributed by atoms with Crippen molar-refractivity contribution >= 4 is 52.1 Å². The summed E-state index contributed by atoms with van der Waals surface area (Å²) < 4.78 is 5.45. The van der Waals surface area contributed by atoms with E-state index in [2.05, 4.69) is 22.3 Å². The maximum absolute atomic E-state index is 13.4. The van der Waals surface area contributed by atoms with E-state index in [1.54, 1.807) is 17.4 Å². The third kappa shape index (κ3) is 4.43. The van der Waals surface area contributed by atoms with Gasteiger partial charge in [0, 0.05) is 30.1 Å². The van der Waals surface area contributed by atoms with Gasteiger partial charge in [-0.25, -0.2) is 0 Å². The van der Waals surface area contributed by atoms with E-state index in [4.69, 9.17) is 16.3 Å². The molecule has 33 heavy (non-hydrogen) atoms. The standard InChI is InChI=1S/C25H23ClN2O3S2/c26-20-3-1-2-4-22(20)33-23-21(29)15-25(27-24(23)30,18-9-14-32-16-18)17-5-7-19(8-6-17)28-10-12-31-13-11-28/h1-9,14,16,23H,10-13,15H2,(H,27,30)/t23-,25+/m0/s1. The zero-order chi connectivity index (χ0) is 22.8. The van der Waals surface area contributed by atoms with E-state index in [0.717, 1.165) is 48.0 Å². The number of carbonyl (C=O) groups is 2. The highest BCUT2D eigenvalue weighted by Gasteiger charge is 2.47. The van der Waals surface area contributed by atoms with Crippen LogP contribution in [0.3, 0.4) is 0 Å². The molecule has 2 aliphatic rings. The van der Waals surface area contributed by atoms with Gasteiger partial charge in [-0.3, -0.25) is 9.59 Å². The number of Topliss-reactive ketones (excluding diaryl/α,β-unsaturated/α-hetero) is 1. The average Bonchev–Trinajstić information content (AvgIpc) is 3.39. The predicted molar refractivity (Wildman–Crippen MR) is 133 cm³/mol. The van der Waals surface area contributed by atoms with Gasteiger partial charge in [0.1, 0.15) is 5.25 Å². The Balaban J connectivity index is 1.45. The minimum absolute atomic E-state index is 0.105. The number of morpholine rings is 1. The van der Waals surface area contributed by atoms with Gasteiger partial charge < -0.3 is 15.0 Å². The lowest BCUT2D eigenvalue weighted by molar-refractivity contribution is -0.132. The third-order valence-corrected chi connectivity index (χ3v) is 8.59. The number of ketones is 1. The number of halogens is 1. The number of carbonyl (C=O) groups excluding carboxylic acids is 2. The Hall–Kier alpha value is -2.32. The highest BCUT2D eigenvalue weighted by Crippen LogP contribution is 2.41. The Labute approximate surface area is 206 Å². The zero-order valence-electron chi connectivity index (χ0n) is 17.8. The van der Waals surface area contributed by atoms with Crippen LogP contribution in [-0.2, 0) is 19.9 Å². The van der Waals surface area contributed by atoms with Crippen LogP contribution in [0.4, 0.5) is 5.69 Å². The zero-order valence-corrected chi connectivity index (χ0v) is 20.2. The molecule has 1 N–H and O–H groups in total. The minimum atomic E-state index is -0.880. The van der Waals surface area contributed by atoms with Gasteiger partial charge in [-0.2, -0.15) is 11.3 Å². The number of hydrogen-bond donors (Lipinski definition) is 1. The van der Waals surface area contributed by atoms with Crippen LogP contribution in [-0.4, -0.2) is 43.2 Å². The number of ether oxygens (including phenoxy) is 1. The lowest BCUT2D eigenvalue weighted by atomic mass is 9.77. The van der Waals surface area contributed by atoms with E-state index >= 15 is 0 Å². The molecule has 5 rings (SSSR count). The maximum atomic E-state index is 13.4. The Bertz CT molecular complexity index is 1130. The highest BCUT2D eigenvalue weighted by molar-refractivity contribution is 8.01. The van der Waals surface area contributed by atoms with Crippen LogP contribution in [0.2, 0.25) is 5.02 Å². The number of hydrogen-bond acceptors (Lipinski definition) is 6. The van der Waals surface area contributed by atoms with Crippen molar-refractivity contribution in [1.29, 1.82) is 0 Å². The van der Waals surface area contributed by atoms with Crippen molar-refractivity contribution < 1.29 is 14.3 Å². The maximum Gasteiger partial charge on any atom is 0.242 e. The minimum Gasteiger partial charge on any atom is -0.378 e. The molecule has 0 radical (unpaired) electrons. The molecule has 8 heteroatoms. The van der Waals surface area contributed by atoms with Gasteiger partial charge in [0.25, 0.3) is 0 Å². The molecule has 0 aliphatic carbocycles. The van der Waals surface area contributed by atoms with Gasteiger partial charge in [-0.05, 0) is 52.2 Å². The summed E-state index contributed by atoms with van der Waals surface area (Å²) in [5.41, 5.74) is 2.06. The molecule has 0 saturated carbocycles. The number of amides is 1. The summed E-state index contributed by atoms with van der Waals surface area (Å²) in [5.74, 6) is -0.397. The Kier molecular flexibility index (Phi) is 6.47. The quantitative estimate of drug-likeness (QED) is 0.515. The number of thiophene rings is 1. The van der Waals surface area contributed by atoms with Crippen LogP contribution in [0.15, 0.2) is 70.3 Å². The van der Waals surface area contributed by atoms with E-state index in [1.807, 2.05) is 47.2 Å². The number of thioether (sulfide) groups is 1. The molecule has 1 amide bonds. The molecule has 0 bridgehead atoms. The molecule has 3 heterocycles. The number of benzene rings is 2. The van der Waals surface area contributed by atoms with Crippen molar-refractivity contribution in [2.24, 2.45) is 0 Å². The summed E-state index contributed by atoms with van der Waals surface area (Å²) >= 11 is 9.04. The first-order valence-corrected chi connectivity index (χ1v) is 13.0. The normalized spacial score (nSPS) is 23.4. The highest BCUT2D eigenvalue weighted by atomic mass is 35.5. The fourth-order valence-electron chi connectivity index (χ4n) is 4.41. The molecule has 2 fully saturated rings. The molecule has 2 aromatic carbocycles. The van der Waals surface area contributed by atoms with Crippen LogP contribution in [0.1, 0.15) is 17.5 Å². The van der Waals surface area contributed by atoms with E-state index in [0.29, 0.717) is 5.02 Å². The molecule has 0 spiro atoms. The number of rotatable bonds is 5. The topological polar surface area (TPSA) is 58.6 Å². The van der Waals surface area contributed by atoms with Crippen LogP contribution in [0, 0.1) is 0 Å². The summed E-state index contributed by atoms with van der Waals surface area (Å²) in [6, 6.07) is 17.4. The number of nitrogens with zero attached hydrogens (tertiary/aromatic N) is 1. The van der Waals surface area contributed by atoms with Gasteiger partial charge in [-0.15, -0.1) is 11.8 Å². The summed E-state index contributed by atoms with van der Waals surface area (Å²) in [7, 11) is 0. The molecular weight excluding hydrogens is 476 g/mol. The average molecular weight is 499 g/mol. The number of anilines is 1. The molecule has 3 aromatic rings. The second-order valence-electron chi connectivity index (χ2n) is 8.12. The summed E-state index contributed by atoms with van der Waals surface area (Å²) in [6.07, 6.45) is 0.189. The lowest BCUT2D eigenvalue weighted by Crippen LogP contribution is -2.57. The van der Waals surface area contributed by atoms with E-state index in [1.165, 1.54) is 11.8 Å². The lowest BCUT2D eigenvalue weighted by Gasteiger charge is -2.40. The fraction of sp³-hybridized carbons (Fsp3) is 0.280. The van der Waals surface area contributed by atoms with Crippen molar-refractivity contribution in [1.82, 2.24) is 5.32 Å². The Morgan fingerprint density at radius 2 is 1.79 bits per heavy atom. The molecule has 2 aliphatic heterocycles. The first-order chi connectivity index (χ1) is 16.1. The number of nitrogens with one attached hydrogen (secondary N) is 1. The van der Waals surface area contributed by atoms with Crippen molar-refractivity contribution in [3.05, 3.63) is 81.5 Å². The van der Waals surface area contributed by atoms with Gasteiger partial charge in [0.15, 0.2) is 5.78 Å². The summed E-state index contributed by atoms with van der Waals surface area (Å²) in [6.45, 7) is 3.14. The molecule has 1 aromatic heterocycles. The summed E-state index contributed by atoms with van der Waals surface area (Å²) in [5, 5.41) is 6.90. The molecule has 170 valence electrons. The van der Waals surface area contributed by atoms with E-state index in [-0.39, 0.29) is 18.1 Å². The molecule has 2 atom stereocenters. The van der Waals surface area contributed by atoms with Crippen molar-refractivity contribution in [2.45, 2.75) is 22.1 Å². The van der Waals surface area contributed by atoms with Crippen molar-refractivity contribution in [2.75, 3.05) is 31.2 Å². The molecule has 5 nitrogen and oxygen atoms in total. The first-order valence-electron chi connectivity index (χ1n) is 10.8. The summed E-state index contributed by atoms with van der Waals surface area (Å²) in [4.78, 5) is 29.7. The number of piperidine rings is 1. The van der Waals surface area contributed by atoms with Gasteiger partial charge in [0.2, 0.25) is 5.91 Å². The van der Waals surface area contributed by atoms with Gasteiger partial charge in [0.05, 0.1) is 23.8 Å². The molecule has 2 saturated heterocycles. The molecule has 0 unspecified atom stereocenters.